The number of hydrogen-bond acceptors (Lipinski definition) is 4. The SMILES string of the molecule is CC(C)(C)C(=S)NC(C(=O)O)c1ccc(O)cc1O. The number of thiocarbonyl (C=S) groups is 1. The van der Waals surface area contributed by atoms with Crippen molar-refractivity contribution in [2.24, 2.45) is 5.41 Å². The molecule has 104 valence electrons. The normalized spacial score (nSPS) is 12.8. The molecule has 1 atom stereocenters. The number of carboxylic acids is 1. The molecule has 1 rings (SSSR count). The van der Waals surface area contributed by atoms with Crippen molar-refractivity contribution in [1.29, 1.82) is 0 Å². The Morgan fingerprint density at radius 3 is 2.32 bits per heavy atom. The standard InChI is InChI=1S/C13H17NO4S/c1-13(2,3)12(19)14-10(11(17)18)8-5-4-7(15)6-9(8)16/h4-6,10,15-16H,1-3H3,(H,14,19)(H,17,18). The summed E-state index contributed by atoms with van der Waals surface area (Å²) in [5, 5.41) is 30.9. The minimum Gasteiger partial charge on any atom is -0.508 e. The summed E-state index contributed by atoms with van der Waals surface area (Å²) in [6.07, 6.45) is 0. The third kappa shape index (κ3) is 3.82. The number of carboxylic acid groups (broad SMARTS) is 1. The van der Waals surface area contributed by atoms with Gasteiger partial charge in [-0.1, -0.05) is 33.0 Å². The molecule has 0 spiro atoms. The zero-order valence-electron chi connectivity index (χ0n) is 11.0. The van der Waals surface area contributed by atoms with E-state index in [1.54, 1.807) is 0 Å². The zero-order chi connectivity index (χ0) is 14.8. The van der Waals surface area contributed by atoms with Gasteiger partial charge >= 0.3 is 5.97 Å². The van der Waals surface area contributed by atoms with E-state index in [1.165, 1.54) is 12.1 Å². The van der Waals surface area contributed by atoms with Crippen LogP contribution in [0.3, 0.4) is 0 Å². The van der Waals surface area contributed by atoms with Gasteiger partial charge in [-0.25, -0.2) is 4.79 Å². The van der Waals surface area contributed by atoms with E-state index in [4.69, 9.17) is 12.2 Å². The monoisotopic (exact) mass is 283 g/mol. The third-order valence-electron chi connectivity index (χ3n) is 2.53. The third-order valence-corrected chi connectivity index (χ3v) is 3.26. The predicted molar refractivity (Wildman–Crippen MR) is 75.3 cm³/mol. The number of nitrogens with one attached hydrogen (secondary N) is 1. The zero-order valence-corrected chi connectivity index (χ0v) is 11.8. The number of rotatable bonds is 3. The molecule has 0 aromatic heterocycles. The van der Waals surface area contributed by atoms with E-state index in [-0.39, 0.29) is 22.5 Å². The number of carbonyl (C=O) groups is 1. The molecule has 0 aliphatic carbocycles. The second kappa shape index (κ2) is 5.44. The Kier molecular flexibility index (Phi) is 4.36. The maximum Gasteiger partial charge on any atom is 0.330 e. The van der Waals surface area contributed by atoms with Gasteiger partial charge in [-0.05, 0) is 12.1 Å². The van der Waals surface area contributed by atoms with Gasteiger partial charge in [-0.3, -0.25) is 0 Å². The second-order valence-electron chi connectivity index (χ2n) is 5.24. The maximum absolute atomic E-state index is 11.3. The highest BCUT2D eigenvalue weighted by molar-refractivity contribution is 7.80. The number of phenolic OH excluding ortho intramolecular Hbond substituents is 2. The van der Waals surface area contributed by atoms with Gasteiger partial charge in [-0.2, -0.15) is 0 Å². The van der Waals surface area contributed by atoms with Crippen LogP contribution >= 0.6 is 12.2 Å². The molecule has 19 heavy (non-hydrogen) atoms. The first-order valence-electron chi connectivity index (χ1n) is 5.68. The smallest absolute Gasteiger partial charge is 0.330 e. The Hall–Kier alpha value is -1.82. The summed E-state index contributed by atoms with van der Waals surface area (Å²) in [5.41, 5.74) is -0.229. The van der Waals surface area contributed by atoms with Crippen molar-refractivity contribution >= 4 is 23.2 Å². The lowest BCUT2D eigenvalue weighted by molar-refractivity contribution is -0.139. The predicted octanol–water partition coefficient (Wildman–Crippen LogP) is 2.19. The van der Waals surface area contributed by atoms with Gasteiger partial charge in [0, 0.05) is 17.0 Å². The van der Waals surface area contributed by atoms with Crippen molar-refractivity contribution in [3.63, 3.8) is 0 Å². The van der Waals surface area contributed by atoms with Crippen molar-refractivity contribution in [3.05, 3.63) is 23.8 Å². The molecule has 0 saturated carbocycles. The number of aliphatic carboxylic acids is 1. The Balaban J connectivity index is 3.09. The molecule has 6 heteroatoms. The highest BCUT2D eigenvalue weighted by Gasteiger charge is 2.27. The van der Waals surface area contributed by atoms with Crippen LogP contribution < -0.4 is 5.32 Å². The number of phenols is 2. The van der Waals surface area contributed by atoms with Gasteiger partial charge in [0.05, 0.1) is 4.99 Å². The fraction of sp³-hybridized carbons (Fsp3) is 0.385. The molecule has 1 unspecified atom stereocenters. The summed E-state index contributed by atoms with van der Waals surface area (Å²) in [6, 6.07) is 2.59. The molecule has 0 fully saturated rings. The Morgan fingerprint density at radius 1 is 1.32 bits per heavy atom. The van der Waals surface area contributed by atoms with Crippen molar-refractivity contribution < 1.29 is 20.1 Å². The molecule has 0 aliphatic rings. The summed E-state index contributed by atoms with van der Waals surface area (Å²) < 4.78 is 0. The first kappa shape index (κ1) is 15.2. The Labute approximate surface area is 116 Å². The number of benzene rings is 1. The molecule has 0 bridgehead atoms. The van der Waals surface area contributed by atoms with Gasteiger partial charge in [0.1, 0.15) is 11.5 Å². The average molecular weight is 283 g/mol. The Bertz CT molecular complexity index is 508. The molecular formula is C13H17NO4S. The van der Waals surface area contributed by atoms with Crippen LogP contribution in [0.1, 0.15) is 32.4 Å². The lowest BCUT2D eigenvalue weighted by Crippen LogP contribution is -2.39. The molecule has 0 aliphatic heterocycles. The quantitative estimate of drug-likeness (QED) is 0.636. The molecule has 0 radical (unpaired) electrons. The lowest BCUT2D eigenvalue weighted by atomic mass is 9.95. The largest absolute Gasteiger partial charge is 0.508 e. The van der Waals surface area contributed by atoms with Gasteiger partial charge in [-0.15, -0.1) is 0 Å². The van der Waals surface area contributed by atoms with Gasteiger partial charge in [0.15, 0.2) is 6.04 Å². The average Bonchev–Trinajstić information content (AvgIpc) is 2.24. The van der Waals surface area contributed by atoms with Gasteiger partial charge in [0.2, 0.25) is 0 Å². The molecular weight excluding hydrogens is 266 g/mol. The van der Waals surface area contributed by atoms with Crippen LogP contribution in [0.5, 0.6) is 11.5 Å². The van der Waals surface area contributed by atoms with Crippen LogP contribution in [0.4, 0.5) is 0 Å². The van der Waals surface area contributed by atoms with Crippen LogP contribution in [0.2, 0.25) is 0 Å². The summed E-state index contributed by atoms with van der Waals surface area (Å²) in [5.74, 6) is -1.59. The van der Waals surface area contributed by atoms with Gasteiger partial charge < -0.3 is 20.6 Å². The molecule has 1 aromatic rings. The summed E-state index contributed by atoms with van der Waals surface area (Å²) in [4.78, 5) is 11.7. The lowest BCUT2D eigenvalue weighted by Gasteiger charge is -2.25. The minimum atomic E-state index is -1.16. The van der Waals surface area contributed by atoms with E-state index >= 15 is 0 Å². The molecule has 0 saturated heterocycles. The van der Waals surface area contributed by atoms with E-state index < -0.39 is 12.0 Å². The van der Waals surface area contributed by atoms with Crippen LogP contribution in [0, 0.1) is 5.41 Å². The van der Waals surface area contributed by atoms with Crippen molar-refractivity contribution in [2.75, 3.05) is 0 Å². The molecule has 1 aromatic carbocycles. The topological polar surface area (TPSA) is 89.8 Å². The second-order valence-corrected chi connectivity index (χ2v) is 5.65. The van der Waals surface area contributed by atoms with Crippen molar-refractivity contribution in [2.45, 2.75) is 26.8 Å². The van der Waals surface area contributed by atoms with E-state index in [0.29, 0.717) is 4.99 Å². The highest BCUT2D eigenvalue weighted by atomic mass is 32.1. The summed E-state index contributed by atoms with van der Waals surface area (Å²) >= 11 is 5.15. The molecule has 4 N–H and O–H groups in total. The first-order chi connectivity index (χ1) is 8.62. The molecule has 0 amide bonds. The van der Waals surface area contributed by atoms with E-state index in [1.807, 2.05) is 20.8 Å². The van der Waals surface area contributed by atoms with Crippen molar-refractivity contribution in [1.82, 2.24) is 5.32 Å². The highest BCUT2D eigenvalue weighted by Crippen LogP contribution is 2.29. The van der Waals surface area contributed by atoms with Crippen LogP contribution in [-0.4, -0.2) is 26.3 Å². The summed E-state index contributed by atoms with van der Waals surface area (Å²) in [7, 11) is 0. The molecule has 5 nitrogen and oxygen atoms in total. The number of aromatic hydroxyl groups is 2. The van der Waals surface area contributed by atoms with Gasteiger partial charge in [0.25, 0.3) is 0 Å². The fourth-order valence-electron chi connectivity index (χ4n) is 1.40. The van der Waals surface area contributed by atoms with Crippen LogP contribution in [0.15, 0.2) is 18.2 Å². The maximum atomic E-state index is 11.3. The van der Waals surface area contributed by atoms with Crippen LogP contribution in [0.25, 0.3) is 0 Å². The fourth-order valence-corrected chi connectivity index (χ4v) is 1.51. The number of hydrogen-bond donors (Lipinski definition) is 4. The van der Waals surface area contributed by atoms with Crippen LogP contribution in [-0.2, 0) is 4.79 Å². The van der Waals surface area contributed by atoms with Crippen molar-refractivity contribution in [3.8, 4) is 11.5 Å². The van der Waals surface area contributed by atoms with E-state index in [0.717, 1.165) is 6.07 Å². The Morgan fingerprint density at radius 2 is 1.89 bits per heavy atom. The molecule has 0 heterocycles. The van der Waals surface area contributed by atoms with E-state index in [9.17, 15) is 20.1 Å². The summed E-state index contributed by atoms with van der Waals surface area (Å²) in [6.45, 7) is 5.58. The first-order valence-corrected chi connectivity index (χ1v) is 6.09. The minimum absolute atomic E-state index is 0.135. The van der Waals surface area contributed by atoms with E-state index in [2.05, 4.69) is 5.32 Å².